The van der Waals surface area contributed by atoms with E-state index in [-0.39, 0.29) is 17.5 Å². The Hall–Kier alpha value is -2.08. The summed E-state index contributed by atoms with van der Waals surface area (Å²) in [4.78, 5) is 12.1. The number of halogens is 2. The summed E-state index contributed by atoms with van der Waals surface area (Å²) in [5.74, 6) is -0.382. The van der Waals surface area contributed by atoms with Crippen LogP contribution in [-0.2, 0) is 11.2 Å². The highest BCUT2D eigenvalue weighted by atomic mass is 79.9. The number of rotatable bonds is 2. The summed E-state index contributed by atoms with van der Waals surface area (Å²) < 4.78 is 13.9. The molecule has 1 aliphatic rings. The van der Waals surface area contributed by atoms with E-state index in [9.17, 15) is 14.3 Å². The minimum absolute atomic E-state index is 0.172. The largest absolute Gasteiger partial charge is 0.508 e. The van der Waals surface area contributed by atoms with Crippen LogP contribution < -0.4 is 10.6 Å². The Balaban J connectivity index is 1.83. The average Bonchev–Trinajstić information content (AvgIpc) is 2.44. The Morgan fingerprint density at radius 1 is 1.19 bits per heavy atom. The van der Waals surface area contributed by atoms with Gasteiger partial charge in [0.05, 0.1) is 15.8 Å². The van der Waals surface area contributed by atoms with Gasteiger partial charge in [0, 0.05) is 12.5 Å². The Morgan fingerprint density at radius 3 is 2.62 bits per heavy atom. The number of benzene rings is 2. The molecule has 0 aliphatic carbocycles. The second-order valence-corrected chi connectivity index (χ2v) is 5.72. The molecular formula is C15H12BrFN2O2. The first-order valence-electron chi connectivity index (χ1n) is 6.37. The number of hydrogen-bond donors (Lipinski definition) is 3. The molecule has 0 aromatic heterocycles. The Morgan fingerprint density at radius 2 is 1.90 bits per heavy atom. The summed E-state index contributed by atoms with van der Waals surface area (Å²) in [6.45, 7) is 0. The summed E-state index contributed by atoms with van der Waals surface area (Å²) in [6.07, 6.45) is 0.448. The van der Waals surface area contributed by atoms with Crippen LogP contribution in [0, 0.1) is 5.82 Å². The lowest BCUT2D eigenvalue weighted by molar-refractivity contribution is -0.117. The highest BCUT2D eigenvalue weighted by Gasteiger charge is 2.26. The maximum Gasteiger partial charge on any atom is 0.247 e. The molecule has 1 amide bonds. The van der Waals surface area contributed by atoms with E-state index in [0.717, 1.165) is 5.56 Å². The summed E-state index contributed by atoms with van der Waals surface area (Å²) in [5, 5.41) is 15.1. The van der Waals surface area contributed by atoms with E-state index in [2.05, 4.69) is 26.6 Å². The molecule has 0 fully saturated rings. The maximum atomic E-state index is 13.6. The van der Waals surface area contributed by atoms with E-state index >= 15 is 0 Å². The number of hydrogen-bond acceptors (Lipinski definition) is 3. The van der Waals surface area contributed by atoms with Gasteiger partial charge in [-0.25, -0.2) is 4.39 Å². The number of nitrogens with one attached hydrogen (secondary N) is 2. The molecule has 0 saturated carbocycles. The SMILES string of the molecule is O=C1Nc2cc(Br)c(F)cc2NC1Cc1ccc(O)cc1. The molecule has 21 heavy (non-hydrogen) atoms. The fraction of sp³-hybridized carbons (Fsp3) is 0.133. The van der Waals surface area contributed by atoms with Crippen LogP contribution in [-0.4, -0.2) is 17.1 Å². The van der Waals surface area contributed by atoms with Gasteiger partial charge >= 0.3 is 0 Å². The third-order valence-electron chi connectivity index (χ3n) is 3.34. The van der Waals surface area contributed by atoms with E-state index in [1.807, 2.05) is 0 Å². The fourth-order valence-electron chi connectivity index (χ4n) is 2.25. The molecular weight excluding hydrogens is 339 g/mol. The maximum absolute atomic E-state index is 13.6. The number of carbonyl (C=O) groups excluding carboxylic acids is 1. The zero-order chi connectivity index (χ0) is 15.0. The minimum atomic E-state index is -0.484. The second kappa shape index (κ2) is 5.37. The highest BCUT2D eigenvalue weighted by Crippen LogP contribution is 2.32. The molecule has 2 aromatic carbocycles. The third kappa shape index (κ3) is 2.85. The lowest BCUT2D eigenvalue weighted by Crippen LogP contribution is -2.40. The van der Waals surface area contributed by atoms with Gasteiger partial charge in [-0.15, -0.1) is 0 Å². The summed E-state index contributed by atoms with van der Waals surface area (Å²) in [5.41, 5.74) is 2.01. The summed E-state index contributed by atoms with van der Waals surface area (Å²) >= 11 is 3.09. The van der Waals surface area contributed by atoms with Gasteiger partial charge in [-0.1, -0.05) is 12.1 Å². The van der Waals surface area contributed by atoms with Gasteiger partial charge in [0.15, 0.2) is 0 Å². The van der Waals surface area contributed by atoms with Crippen molar-refractivity contribution in [1.29, 1.82) is 0 Å². The van der Waals surface area contributed by atoms with E-state index in [0.29, 0.717) is 22.3 Å². The first-order chi connectivity index (χ1) is 10.0. The zero-order valence-electron chi connectivity index (χ0n) is 10.9. The van der Waals surface area contributed by atoms with Crippen molar-refractivity contribution >= 4 is 33.2 Å². The number of carbonyl (C=O) groups is 1. The summed E-state index contributed by atoms with van der Waals surface area (Å²) in [7, 11) is 0. The standard InChI is InChI=1S/C15H12BrFN2O2/c16-10-6-12-13(7-11(10)17)18-14(15(21)19-12)5-8-1-3-9(20)4-2-8/h1-4,6-7,14,18,20H,5H2,(H,19,21). The van der Waals surface area contributed by atoms with Crippen molar-refractivity contribution in [2.75, 3.05) is 10.6 Å². The number of phenolic OH excluding ortho intramolecular Hbond substituents is 1. The molecule has 0 radical (unpaired) electrons. The monoisotopic (exact) mass is 350 g/mol. The molecule has 3 rings (SSSR count). The molecule has 3 N–H and O–H groups in total. The van der Waals surface area contributed by atoms with Crippen LogP contribution in [0.2, 0.25) is 0 Å². The van der Waals surface area contributed by atoms with Crippen LogP contribution >= 0.6 is 15.9 Å². The van der Waals surface area contributed by atoms with Crippen LogP contribution in [0.25, 0.3) is 0 Å². The Kier molecular flexibility index (Phi) is 3.55. The quantitative estimate of drug-likeness (QED) is 0.778. The first-order valence-corrected chi connectivity index (χ1v) is 7.16. The van der Waals surface area contributed by atoms with E-state index in [4.69, 9.17) is 0 Å². The average molecular weight is 351 g/mol. The van der Waals surface area contributed by atoms with Gasteiger partial charge in [0.25, 0.3) is 0 Å². The first kappa shape index (κ1) is 13.9. The zero-order valence-corrected chi connectivity index (χ0v) is 12.4. The normalized spacial score (nSPS) is 16.9. The molecule has 0 bridgehead atoms. The Bertz CT molecular complexity index is 704. The highest BCUT2D eigenvalue weighted by molar-refractivity contribution is 9.10. The molecule has 108 valence electrons. The van der Waals surface area contributed by atoms with Gasteiger partial charge in [0.2, 0.25) is 5.91 Å². The lowest BCUT2D eigenvalue weighted by atomic mass is 10.0. The number of amides is 1. The predicted octanol–water partition coefficient (Wildman–Crippen LogP) is 3.27. The van der Waals surface area contributed by atoms with Gasteiger partial charge in [-0.3, -0.25) is 4.79 Å². The van der Waals surface area contributed by atoms with Crippen molar-refractivity contribution in [2.24, 2.45) is 0 Å². The summed E-state index contributed by atoms with van der Waals surface area (Å²) in [6, 6.07) is 9.04. The molecule has 1 heterocycles. The van der Waals surface area contributed by atoms with Crippen LogP contribution in [0.15, 0.2) is 40.9 Å². The van der Waals surface area contributed by atoms with Crippen molar-refractivity contribution in [3.05, 3.63) is 52.3 Å². The van der Waals surface area contributed by atoms with Crippen molar-refractivity contribution in [3.63, 3.8) is 0 Å². The van der Waals surface area contributed by atoms with Gasteiger partial charge in [-0.05, 0) is 39.7 Å². The smallest absolute Gasteiger partial charge is 0.247 e. The topological polar surface area (TPSA) is 61.4 Å². The van der Waals surface area contributed by atoms with Crippen molar-refractivity contribution < 1.29 is 14.3 Å². The second-order valence-electron chi connectivity index (χ2n) is 4.87. The molecule has 1 aliphatic heterocycles. The van der Waals surface area contributed by atoms with Crippen molar-refractivity contribution in [1.82, 2.24) is 0 Å². The van der Waals surface area contributed by atoms with Gasteiger partial charge < -0.3 is 15.7 Å². The fourth-order valence-corrected chi connectivity index (χ4v) is 2.60. The van der Waals surface area contributed by atoms with Gasteiger partial charge in [0.1, 0.15) is 17.6 Å². The lowest BCUT2D eigenvalue weighted by Gasteiger charge is -2.27. The van der Waals surface area contributed by atoms with Crippen LogP contribution in [0.3, 0.4) is 0 Å². The molecule has 0 spiro atoms. The Labute approximate surface area is 129 Å². The molecule has 0 saturated heterocycles. The number of anilines is 2. The predicted molar refractivity (Wildman–Crippen MR) is 82.0 cm³/mol. The number of fused-ring (bicyclic) bond motifs is 1. The molecule has 1 unspecified atom stereocenters. The van der Waals surface area contributed by atoms with E-state index in [1.165, 1.54) is 12.1 Å². The van der Waals surface area contributed by atoms with E-state index < -0.39 is 6.04 Å². The van der Waals surface area contributed by atoms with Crippen LogP contribution in [0.5, 0.6) is 5.75 Å². The van der Waals surface area contributed by atoms with Crippen molar-refractivity contribution in [3.8, 4) is 5.75 Å². The molecule has 1 atom stereocenters. The molecule has 4 nitrogen and oxygen atoms in total. The minimum Gasteiger partial charge on any atom is -0.508 e. The molecule has 6 heteroatoms. The molecule has 2 aromatic rings. The van der Waals surface area contributed by atoms with Crippen LogP contribution in [0.1, 0.15) is 5.56 Å². The third-order valence-corrected chi connectivity index (χ3v) is 3.95. The number of phenols is 1. The van der Waals surface area contributed by atoms with E-state index in [1.54, 1.807) is 24.3 Å². The van der Waals surface area contributed by atoms with Crippen molar-refractivity contribution in [2.45, 2.75) is 12.5 Å². The number of aromatic hydroxyl groups is 1. The van der Waals surface area contributed by atoms with Crippen LogP contribution in [0.4, 0.5) is 15.8 Å². The van der Waals surface area contributed by atoms with Gasteiger partial charge in [-0.2, -0.15) is 0 Å².